The number of halogens is 3. The zero-order chi connectivity index (χ0) is 27.0. The molecule has 0 radical (unpaired) electrons. The number of imidazole rings is 1. The fourth-order valence-corrected chi connectivity index (χ4v) is 4.25. The van der Waals surface area contributed by atoms with Crippen LogP contribution in [0.25, 0.3) is 16.9 Å². The normalized spacial score (nSPS) is 13.5. The molecule has 10 nitrogen and oxygen atoms in total. The van der Waals surface area contributed by atoms with E-state index in [0.29, 0.717) is 30.1 Å². The van der Waals surface area contributed by atoms with Gasteiger partial charge in [0.1, 0.15) is 35.2 Å². The van der Waals surface area contributed by atoms with Crippen molar-refractivity contribution in [1.82, 2.24) is 29.2 Å². The first-order valence-electron chi connectivity index (χ1n) is 11.6. The average Bonchev–Trinajstić information content (AvgIpc) is 3.55. The highest BCUT2D eigenvalue weighted by molar-refractivity contribution is 5.93. The van der Waals surface area contributed by atoms with E-state index in [9.17, 15) is 22.8 Å². The third-order valence-electron chi connectivity index (χ3n) is 6.21. The van der Waals surface area contributed by atoms with Gasteiger partial charge < -0.3 is 23.5 Å². The summed E-state index contributed by atoms with van der Waals surface area (Å²) in [6, 6.07) is 8.79. The number of fused-ring (bicyclic) bond motifs is 1. The van der Waals surface area contributed by atoms with E-state index in [1.54, 1.807) is 52.3 Å². The van der Waals surface area contributed by atoms with Crippen molar-refractivity contribution in [1.29, 1.82) is 0 Å². The SMILES string of the molecule is COc1ccc(-c2cc(C(F)(F)F)[nH]n2)c(OCCN2CCn3c(ccc(-n4cnc(C)c4)c3=O)C2=O)c1. The van der Waals surface area contributed by atoms with Crippen LogP contribution in [-0.2, 0) is 12.7 Å². The van der Waals surface area contributed by atoms with Crippen molar-refractivity contribution < 1.29 is 27.4 Å². The Labute approximate surface area is 214 Å². The molecule has 0 fully saturated rings. The number of H-pyrrole nitrogens is 1. The number of aryl methyl sites for hydroxylation is 1. The maximum Gasteiger partial charge on any atom is 0.432 e. The van der Waals surface area contributed by atoms with Crippen LogP contribution in [0.3, 0.4) is 0 Å². The minimum Gasteiger partial charge on any atom is -0.497 e. The molecule has 0 aliphatic carbocycles. The summed E-state index contributed by atoms with van der Waals surface area (Å²) in [5.74, 6) is 0.380. The maximum atomic E-state index is 13.1. The molecule has 4 aromatic rings. The number of alkyl halides is 3. The molecule has 5 rings (SSSR count). The number of rotatable bonds is 7. The van der Waals surface area contributed by atoms with Crippen molar-refractivity contribution >= 4 is 5.91 Å². The second-order valence-corrected chi connectivity index (χ2v) is 8.65. The Kier molecular flexibility index (Phi) is 6.43. The number of nitrogens with zero attached hydrogens (tertiary/aromatic N) is 5. The Bertz CT molecular complexity index is 1560. The standard InChI is InChI=1S/C25H23F3N6O4/c1-15-13-33(14-29-15)19-5-6-20-23(35)32(7-8-34(20)24(19)36)9-10-38-21-11-16(37-2)3-4-17(21)18-12-22(31-30-18)25(26,27)28/h3-6,11-14H,7-10H2,1-2H3,(H,30,31). The molecule has 38 heavy (non-hydrogen) atoms. The van der Waals surface area contributed by atoms with Gasteiger partial charge in [-0.05, 0) is 37.3 Å². The molecule has 0 unspecified atom stereocenters. The molecular weight excluding hydrogens is 505 g/mol. The smallest absolute Gasteiger partial charge is 0.432 e. The minimum absolute atomic E-state index is 0.0547. The second kappa shape index (κ2) is 9.72. The molecule has 0 saturated carbocycles. The highest BCUT2D eigenvalue weighted by Gasteiger charge is 2.33. The Hall–Kier alpha value is -4.55. The van der Waals surface area contributed by atoms with E-state index in [0.717, 1.165) is 11.8 Å². The first-order chi connectivity index (χ1) is 18.2. The molecule has 0 spiro atoms. The number of hydrogen-bond donors (Lipinski definition) is 1. The van der Waals surface area contributed by atoms with Crippen molar-refractivity contribution in [2.24, 2.45) is 0 Å². The van der Waals surface area contributed by atoms with E-state index in [-0.39, 0.29) is 41.8 Å². The van der Waals surface area contributed by atoms with Crippen LogP contribution in [0, 0.1) is 6.92 Å². The predicted octanol–water partition coefficient (Wildman–Crippen LogP) is 3.29. The molecule has 0 atom stereocenters. The lowest BCUT2D eigenvalue weighted by Gasteiger charge is -2.29. The lowest BCUT2D eigenvalue weighted by molar-refractivity contribution is -0.141. The van der Waals surface area contributed by atoms with Crippen LogP contribution in [0.15, 0.2) is 53.7 Å². The predicted molar refractivity (Wildman–Crippen MR) is 130 cm³/mol. The number of aromatic nitrogens is 5. The van der Waals surface area contributed by atoms with Gasteiger partial charge in [0.05, 0.1) is 31.4 Å². The van der Waals surface area contributed by atoms with Crippen molar-refractivity contribution in [2.75, 3.05) is 26.8 Å². The Morgan fingerprint density at radius 1 is 1.11 bits per heavy atom. The van der Waals surface area contributed by atoms with Crippen LogP contribution in [0.1, 0.15) is 21.9 Å². The number of carbonyl (C=O) groups excluding carboxylic acids is 1. The van der Waals surface area contributed by atoms with Crippen molar-refractivity contribution in [3.8, 4) is 28.4 Å². The van der Waals surface area contributed by atoms with E-state index >= 15 is 0 Å². The van der Waals surface area contributed by atoms with Gasteiger partial charge in [-0.15, -0.1) is 0 Å². The topological polar surface area (TPSA) is 107 Å². The fraction of sp³-hybridized carbons (Fsp3) is 0.280. The summed E-state index contributed by atoms with van der Waals surface area (Å²) in [5, 5.41) is 5.77. The molecule has 0 bridgehead atoms. The molecule has 1 aliphatic heterocycles. The molecule has 3 aromatic heterocycles. The van der Waals surface area contributed by atoms with Crippen LogP contribution < -0.4 is 15.0 Å². The Morgan fingerprint density at radius 2 is 1.92 bits per heavy atom. The third-order valence-corrected chi connectivity index (χ3v) is 6.21. The van der Waals surface area contributed by atoms with Gasteiger partial charge >= 0.3 is 6.18 Å². The molecule has 1 N–H and O–H groups in total. The molecule has 13 heteroatoms. The largest absolute Gasteiger partial charge is 0.497 e. The zero-order valence-electron chi connectivity index (χ0n) is 20.5. The summed E-state index contributed by atoms with van der Waals surface area (Å²) < 4.78 is 53.3. The number of benzene rings is 1. The first-order valence-corrected chi connectivity index (χ1v) is 11.6. The van der Waals surface area contributed by atoms with Crippen LogP contribution in [-0.4, -0.2) is 61.9 Å². The minimum atomic E-state index is -4.57. The lowest BCUT2D eigenvalue weighted by Crippen LogP contribution is -2.46. The fourth-order valence-electron chi connectivity index (χ4n) is 4.25. The summed E-state index contributed by atoms with van der Waals surface area (Å²) in [6.45, 7) is 2.67. The quantitative estimate of drug-likeness (QED) is 0.395. The Morgan fingerprint density at radius 3 is 2.61 bits per heavy atom. The number of amides is 1. The number of aromatic amines is 1. The first kappa shape index (κ1) is 25.1. The molecule has 198 valence electrons. The molecule has 0 saturated heterocycles. The summed E-state index contributed by atoms with van der Waals surface area (Å²) >= 11 is 0. The van der Waals surface area contributed by atoms with E-state index in [1.807, 2.05) is 12.0 Å². The van der Waals surface area contributed by atoms with Gasteiger partial charge in [0.15, 0.2) is 0 Å². The highest BCUT2D eigenvalue weighted by atomic mass is 19.4. The summed E-state index contributed by atoms with van der Waals surface area (Å²) in [5.41, 5.74) is 0.553. The molecule has 1 amide bonds. The van der Waals surface area contributed by atoms with Crippen molar-refractivity contribution in [3.63, 3.8) is 0 Å². The number of nitrogens with one attached hydrogen (secondary N) is 1. The van der Waals surface area contributed by atoms with Crippen LogP contribution >= 0.6 is 0 Å². The van der Waals surface area contributed by atoms with Gasteiger partial charge in [-0.1, -0.05) is 0 Å². The molecule has 1 aromatic carbocycles. The maximum absolute atomic E-state index is 13.1. The van der Waals surface area contributed by atoms with Crippen molar-refractivity contribution in [2.45, 2.75) is 19.6 Å². The lowest BCUT2D eigenvalue weighted by atomic mass is 10.1. The van der Waals surface area contributed by atoms with E-state index in [4.69, 9.17) is 9.47 Å². The summed E-state index contributed by atoms with van der Waals surface area (Å²) in [6.07, 6.45) is -1.28. The van der Waals surface area contributed by atoms with Gasteiger partial charge in [0.2, 0.25) is 0 Å². The number of hydrogen-bond acceptors (Lipinski definition) is 6. The number of pyridine rings is 1. The number of ether oxygens (including phenoxy) is 2. The van der Waals surface area contributed by atoms with Gasteiger partial charge in [-0.25, -0.2) is 4.98 Å². The summed E-state index contributed by atoms with van der Waals surface area (Å²) in [7, 11) is 1.46. The molecular formula is C25H23F3N6O4. The molecule has 4 heterocycles. The van der Waals surface area contributed by atoms with E-state index in [2.05, 4.69) is 10.1 Å². The van der Waals surface area contributed by atoms with Gasteiger partial charge in [0.25, 0.3) is 11.5 Å². The third kappa shape index (κ3) is 4.74. The monoisotopic (exact) mass is 528 g/mol. The second-order valence-electron chi connectivity index (χ2n) is 8.65. The number of methoxy groups -OCH3 is 1. The average molecular weight is 528 g/mol. The van der Waals surface area contributed by atoms with E-state index < -0.39 is 11.9 Å². The van der Waals surface area contributed by atoms with Gasteiger partial charge in [0, 0.05) is 30.9 Å². The van der Waals surface area contributed by atoms with E-state index in [1.165, 1.54) is 11.7 Å². The van der Waals surface area contributed by atoms with Gasteiger partial charge in [-0.3, -0.25) is 14.7 Å². The van der Waals surface area contributed by atoms with Gasteiger partial charge in [-0.2, -0.15) is 18.3 Å². The van der Waals surface area contributed by atoms with Crippen LogP contribution in [0.2, 0.25) is 0 Å². The Balaban J connectivity index is 1.31. The highest BCUT2D eigenvalue weighted by Crippen LogP contribution is 2.35. The number of carbonyl (C=O) groups is 1. The van der Waals surface area contributed by atoms with Crippen LogP contribution in [0.5, 0.6) is 11.5 Å². The van der Waals surface area contributed by atoms with Crippen LogP contribution in [0.4, 0.5) is 13.2 Å². The summed E-state index contributed by atoms with van der Waals surface area (Å²) in [4.78, 5) is 31.8. The van der Waals surface area contributed by atoms with Crippen molar-refractivity contribution in [3.05, 3.63) is 76.4 Å². The molecule has 1 aliphatic rings. The zero-order valence-corrected chi connectivity index (χ0v) is 20.5.